The van der Waals surface area contributed by atoms with Gasteiger partial charge in [-0.3, -0.25) is 4.79 Å². The SMILES string of the molecule is C[C@H](NC(=O)c1cc(Cl)ccc1F)c1cccc(OC(F)F)c1. The third kappa shape index (κ3) is 4.63. The Morgan fingerprint density at radius 1 is 1.22 bits per heavy atom. The number of carbonyl (C=O) groups is 1. The lowest BCUT2D eigenvalue weighted by Gasteiger charge is -2.16. The summed E-state index contributed by atoms with van der Waals surface area (Å²) in [5.41, 5.74) is 0.350. The second-order valence-corrected chi connectivity index (χ2v) is 5.21. The molecule has 0 heterocycles. The summed E-state index contributed by atoms with van der Waals surface area (Å²) in [6, 6.07) is 9.03. The van der Waals surface area contributed by atoms with Gasteiger partial charge in [0, 0.05) is 5.02 Å². The van der Waals surface area contributed by atoms with Crippen LogP contribution in [-0.2, 0) is 0 Å². The molecule has 0 aromatic heterocycles. The third-order valence-electron chi connectivity index (χ3n) is 3.10. The van der Waals surface area contributed by atoms with Crippen molar-refractivity contribution in [2.75, 3.05) is 0 Å². The van der Waals surface area contributed by atoms with Crippen LogP contribution < -0.4 is 10.1 Å². The second-order valence-electron chi connectivity index (χ2n) is 4.77. The fourth-order valence-corrected chi connectivity index (χ4v) is 2.16. The number of benzene rings is 2. The molecule has 0 radical (unpaired) electrons. The van der Waals surface area contributed by atoms with E-state index in [1.165, 1.54) is 30.3 Å². The zero-order chi connectivity index (χ0) is 17.0. The summed E-state index contributed by atoms with van der Waals surface area (Å²) in [7, 11) is 0. The van der Waals surface area contributed by atoms with Gasteiger partial charge in [-0.15, -0.1) is 0 Å². The molecular weight excluding hydrogens is 331 g/mol. The lowest BCUT2D eigenvalue weighted by Crippen LogP contribution is -2.27. The lowest BCUT2D eigenvalue weighted by molar-refractivity contribution is -0.0499. The van der Waals surface area contributed by atoms with Crippen LogP contribution in [0.25, 0.3) is 0 Å². The molecule has 0 spiro atoms. The van der Waals surface area contributed by atoms with E-state index in [4.69, 9.17) is 11.6 Å². The van der Waals surface area contributed by atoms with Crippen molar-refractivity contribution in [3.05, 3.63) is 64.4 Å². The van der Waals surface area contributed by atoms with Gasteiger partial charge in [-0.2, -0.15) is 8.78 Å². The van der Waals surface area contributed by atoms with Gasteiger partial charge in [0.25, 0.3) is 5.91 Å². The average molecular weight is 344 g/mol. The minimum absolute atomic E-state index is 0.0208. The third-order valence-corrected chi connectivity index (χ3v) is 3.34. The van der Waals surface area contributed by atoms with E-state index in [9.17, 15) is 18.0 Å². The first kappa shape index (κ1) is 17.1. The topological polar surface area (TPSA) is 38.3 Å². The molecular formula is C16H13ClF3NO2. The highest BCUT2D eigenvalue weighted by Gasteiger charge is 2.16. The van der Waals surface area contributed by atoms with Gasteiger partial charge in [0.2, 0.25) is 0 Å². The zero-order valence-electron chi connectivity index (χ0n) is 12.0. The summed E-state index contributed by atoms with van der Waals surface area (Å²) in [6.07, 6.45) is 0. The summed E-state index contributed by atoms with van der Waals surface area (Å²) >= 11 is 5.75. The highest BCUT2D eigenvalue weighted by atomic mass is 35.5. The molecule has 23 heavy (non-hydrogen) atoms. The van der Waals surface area contributed by atoms with Crippen molar-refractivity contribution in [1.82, 2.24) is 5.32 Å². The van der Waals surface area contributed by atoms with Crippen LogP contribution >= 0.6 is 11.6 Å². The summed E-state index contributed by atoms with van der Waals surface area (Å²) in [5.74, 6) is -1.38. The van der Waals surface area contributed by atoms with Gasteiger partial charge in [-0.05, 0) is 42.8 Å². The number of halogens is 4. The standard InChI is InChI=1S/C16H13ClF3NO2/c1-9(10-3-2-4-12(7-10)23-16(19)20)21-15(22)13-8-11(17)5-6-14(13)18/h2-9,16H,1H3,(H,21,22)/t9-/m0/s1. The highest BCUT2D eigenvalue weighted by molar-refractivity contribution is 6.31. The Bertz CT molecular complexity index is 709. The van der Waals surface area contributed by atoms with Crippen LogP contribution in [0.1, 0.15) is 28.9 Å². The molecule has 1 amide bonds. The molecule has 1 atom stereocenters. The van der Waals surface area contributed by atoms with E-state index in [-0.39, 0.29) is 16.3 Å². The van der Waals surface area contributed by atoms with E-state index in [0.717, 1.165) is 6.07 Å². The fourth-order valence-electron chi connectivity index (χ4n) is 1.99. The van der Waals surface area contributed by atoms with Gasteiger partial charge < -0.3 is 10.1 Å². The predicted octanol–water partition coefficient (Wildman–Crippen LogP) is 4.57. The number of hydrogen-bond acceptors (Lipinski definition) is 2. The van der Waals surface area contributed by atoms with Gasteiger partial charge in [-0.25, -0.2) is 4.39 Å². The summed E-state index contributed by atoms with van der Waals surface area (Å²) in [5, 5.41) is 2.81. The minimum Gasteiger partial charge on any atom is -0.435 e. The number of nitrogens with one attached hydrogen (secondary N) is 1. The zero-order valence-corrected chi connectivity index (χ0v) is 12.8. The van der Waals surface area contributed by atoms with E-state index in [0.29, 0.717) is 5.56 Å². The fraction of sp³-hybridized carbons (Fsp3) is 0.188. The van der Waals surface area contributed by atoms with Gasteiger partial charge in [0.15, 0.2) is 0 Å². The first-order valence-corrected chi connectivity index (χ1v) is 7.05. The molecule has 0 aliphatic rings. The molecule has 0 bridgehead atoms. The molecule has 2 rings (SSSR count). The van der Waals surface area contributed by atoms with E-state index in [1.807, 2.05) is 0 Å². The molecule has 2 aromatic rings. The molecule has 0 unspecified atom stereocenters. The van der Waals surface area contributed by atoms with E-state index < -0.39 is 24.4 Å². The van der Waals surface area contributed by atoms with Crippen molar-refractivity contribution in [3.8, 4) is 5.75 Å². The molecule has 2 aromatic carbocycles. The number of amides is 1. The van der Waals surface area contributed by atoms with Crippen molar-refractivity contribution >= 4 is 17.5 Å². The van der Waals surface area contributed by atoms with Gasteiger partial charge in [-0.1, -0.05) is 23.7 Å². The Kier molecular flexibility index (Phi) is 5.50. The van der Waals surface area contributed by atoms with Crippen LogP contribution in [0.5, 0.6) is 5.75 Å². The summed E-state index contributed by atoms with van der Waals surface area (Å²) in [6.45, 7) is -1.29. The van der Waals surface area contributed by atoms with Gasteiger partial charge in [0.1, 0.15) is 11.6 Å². The van der Waals surface area contributed by atoms with Crippen LogP contribution in [0, 0.1) is 5.82 Å². The van der Waals surface area contributed by atoms with Crippen LogP contribution in [0.4, 0.5) is 13.2 Å². The Morgan fingerprint density at radius 2 is 1.96 bits per heavy atom. The monoisotopic (exact) mass is 343 g/mol. The molecule has 0 saturated heterocycles. The molecule has 1 N–H and O–H groups in total. The van der Waals surface area contributed by atoms with Gasteiger partial charge in [0.05, 0.1) is 11.6 Å². The maximum atomic E-state index is 13.7. The van der Waals surface area contributed by atoms with Crippen molar-refractivity contribution < 1.29 is 22.7 Å². The smallest absolute Gasteiger partial charge is 0.387 e. The van der Waals surface area contributed by atoms with E-state index in [1.54, 1.807) is 13.0 Å². The highest BCUT2D eigenvalue weighted by Crippen LogP contribution is 2.22. The van der Waals surface area contributed by atoms with Crippen molar-refractivity contribution in [3.63, 3.8) is 0 Å². The normalized spacial score (nSPS) is 12.1. The van der Waals surface area contributed by atoms with Crippen LogP contribution in [0.2, 0.25) is 5.02 Å². The minimum atomic E-state index is -2.93. The van der Waals surface area contributed by atoms with Crippen LogP contribution in [0.15, 0.2) is 42.5 Å². The number of hydrogen-bond donors (Lipinski definition) is 1. The second kappa shape index (κ2) is 7.37. The Morgan fingerprint density at radius 3 is 2.65 bits per heavy atom. The Balaban J connectivity index is 2.13. The predicted molar refractivity (Wildman–Crippen MR) is 80.4 cm³/mol. The molecule has 0 fully saturated rings. The lowest BCUT2D eigenvalue weighted by atomic mass is 10.1. The summed E-state index contributed by atoms with van der Waals surface area (Å²) in [4.78, 5) is 12.1. The van der Waals surface area contributed by atoms with E-state index >= 15 is 0 Å². The van der Waals surface area contributed by atoms with Crippen molar-refractivity contribution in [2.45, 2.75) is 19.6 Å². The number of alkyl halides is 2. The number of ether oxygens (including phenoxy) is 1. The molecule has 0 saturated carbocycles. The molecule has 7 heteroatoms. The van der Waals surface area contributed by atoms with Crippen molar-refractivity contribution in [1.29, 1.82) is 0 Å². The number of rotatable bonds is 5. The summed E-state index contributed by atoms with van der Waals surface area (Å²) < 4.78 is 42.4. The first-order chi connectivity index (χ1) is 10.9. The maximum Gasteiger partial charge on any atom is 0.387 e. The molecule has 122 valence electrons. The molecule has 0 aliphatic heterocycles. The number of carbonyl (C=O) groups excluding carboxylic acids is 1. The quantitative estimate of drug-likeness (QED) is 0.863. The first-order valence-electron chi connectivity index (χ1n) is 6.67. The average Bonchev–Trinajstić information content (AvgIpc) is 2.49. The van der Waals surface area contributed by atoms with Gasteiger partial charge >= 0.3 is 6.61 Å². The largest absolute Gasteiger partial charge is 0.435 e. The molecule has 3 nitrogen and oxygen atoms in total. The van der Waals surface area contributed by atoms with Crippen LogP contribution in [-0.4, -0.2) is 12.5 Å². The Labute approximate surface area is 136 Å². The molecule has 0 aliphatic carbocycles. The van der Waals surface area contributed by atoms with Crippen LogP contribution in [0.3, 0.4) is 0 Å². The maximum absolute atomic E-state index is 13.7. The van der Waals surface area contributed by atoms with E-state index in [2.05, 4.69) is 10.1 Å². The van der Waals surface area contributed by atoms with Crippen molar-refractivity contribution in [2.24, 2.45) is 0 Å². The Hall–Kier alpha value is -2.21.